The highest BCUT2D eigenvalue weighted by atomic mass is 35.5. The van der Waals surface area contributed by atoms with Crippen molar-refractivity contribution in [2.75, 3.05) is 27.4 Å². The minimum atomic E-state index is -5.04. The zero-order valence-corrected chi connectivity index (χ0v) is 42.7. The fourth-order valence-electron chi connectivity index (χ4n) is 5.65. The van der Waals surface area contributed by atoms with Crippen LogP contribution in [0.15, 0.2) is 120 Å². The molecule has 2 heterocycles. The molecule has 0 aliphatic carbocycles. The fourth-order valence-corrected chi connectivity index (χ4v) is 7.88. The second-order valence-corrected chi connectivity index (χ2v) is 19.3. The molecule has 34 nitrogen and oxygen atoms in total. The van der Waals surface area contributed by atoms with Crippen LogP contribution in [0.1, 0.15) is 0 Å². The number of rotatable bonds is 13. The van der Waals surface area contributed by atoms with Gasteiger partial charge in [0.2, 0.25) is 34.4 Å². The standard InChI is InChI=1S/C34H25Cl2N15O10S3.3O3S/c35-29-42-31(38)46-34(43-29)41-21-14-17(9-11-23(21)63(56,57)58)40-33-45-30(36)44-32(47-33)39-16-4-3-5-18(13-16)48-51-27-24(64(59,60)61)12-15-8-10-20(26(37)25(15)28(27)52)50-49-19-6-1-2-7-22(19)62(53,54)55;3*1-4(2)3/h1-14,52H,37H2,(H,53,54,55)(H,56,57,58)(H,59,60,61)(H3,38,41,42,43,46)(H2,39,40,44,45,47);;;. The van der Waals surface area contributed by atoms with Crippen LogP contribution < -0.4 is 27.4 Å². The lowest BCUT2D eigenvalue weighted by Crippen LogP contribution is -2.08. The fraction of sp³-hybridized carbons (Fsp3) is 0. The van der Waals surface area contributed by atoms with Crippen LogP contribution in [0, 0.1) is 0 Å². The SMILES string of the molecule is Nc1nc(Cl)nc(Nc2cc(Nc3nc(Cl)nc(Nc4cccc(N=Nc5c(S(=O)(=O)O)cc6ccc(N=Nc7ccccc7S(=O)(=O)O)c(N)c6c5O)c4)n3)ccc2S(=O)(=O)O)n1.O=S(=O)=O.O=S(=O)=O.O=S(=O)=O. The smallest absolute Gasteiger partial charge is 0.425 e. The maximum atomic E-state index is 12.5. The number of fused-ring (bicyclic) bond motifs is 1. The summed E-state index contributed by atoms with van der Waals surface area (Å²) < 4.78 is 178. The lowest BCUT2D eigenvalue weighted by Gasteiger charge is -2.13. The average molecular weight is 1210 g/mol. The van der Waals surface area contributed by atoms with Crippen LogP contribution in [0.5, 0.6) is 5.75 Å². The van der Waals surface area contributed by atoms with E-state index in [0.29, 0.717) is 0 Å². The van der Waals surface area contributed by atoms with Crippen molar-refractivity contribution in [1.29, 1.82) is 0 Å². The van der Waals surface area contributed by atoms with E-state index < -0.39 is 88.3 Å². The summed E-state index contributed by atoms with van der Waals surface area (Å²) >= 11 is 12.0. The van der Waals surface area contributed by atoms with Gasteiger partial charge in [-0.05, 0) is 89.3 Å². The first-order valence-corrected chi connectivity index (χ1v) is 26.8. The Morgan fingerprint density at radius 3 is 1.57 bits per heavy atom. The van der Waals surface area contributed by atoms with E-state index in [1.807, 2.05) is 0 Å². The molecule has 0 saturated carbocycles. The largest absolute Gasteiger partial charge is 0.505 e. The Hall–Kier alpha value is -8.45. The molecular formula is C34H25Cl2N15O19S6. The summed E-state index contributed by atoms with van der Waals surface area (Å²) in [5.41, 5.74) is 10.9. The number of benzene rings is 5. The van der Waals surface area contributed by atoms with Crippen molar-refractivity contribution in [3.05, 3.63) is 95.5 Å². The molecule has 0 fully saturated rings. The molecule has 0 atom stereocenters. The third kappa shape index (κ3) is 18.2. The predicted octanol–water partition coefficient (Wildman–Crippen LogP) is 4.18. The van der Waals surface area contributed by atoms with Crippen LogP contribution in [-0.4, -0.2) is 112 Å². The van der Waals surface area contributed by atoms with Gasteiger partial charge in [-0.3, -0.25) is 13.7 Å². The molecule has 7 aromatic rings. The Kier molecular flexibility index (Phi) is 20.3. The second-order valence-electron chi connectivity index (χ2n) is 13.2. The number of halogens is 2. The van der Waals surface area contributed by atoms with Crippen molar-refractivity contribution in [2.45, 2.75) is 14.7 Å². The van der Waals surface area contributed by atoms with E-state index >= 15 is 0 Å². The van der Waals surface area contributed by atoms with Gasteiger partial charge < -0.3 is 32.5 Å². The molecule has 0 spiro atoms. The molecule has 7 rings (SSSR count). The number of azo groups is 2. The summed E-state index contributed by atoms with van der Waals surface area (Å²) in [5.74, 6) is -1.61. The summed E-state index contributed by atoms with van der Waals surface area (Å²) in [6.07, 6.45) is 0. The molecule has 2 aromatic heterocycles. The third-order valence-electron chi connectivity index (χ3n) is 8.28. The molecule has 0 aliphatic rings. The number of nitrogens with zero attached hydrogens (tertiary/aromatic N) is 10. The molecule has 76 heavy (non-hydrogen) atoms. The van der Waals surface area contributed by atoms with E-state index in [-0.39, 0.29) is 84.9 Å². The average Bonchev–Trinajstić information content (AvgIpc) is 3.26. The van der Waals surface area contributed by atoms with Crippen LogP contribution in [0.2, 0.25) is 10.6 Å². The number of nitrogen functional groups attached to an aromatic ring is 2. The summed E-state index contributed by atoms with van der Waals surface area (Å²) in [6.45, 7) is 0. The number of phenols is 1. The van der Waals surface area contributed by atoms with Crippen molar-refractivity contribution in [3.63, 3.8) is 0 Å². The van der Waals surface area contributed by atoms with Gasteiger partial charge in [0.05, 0.1) is 22.4 Å². The molecular weight excluding hydrogens is 1190 g/mol. The first kappa shape index (κ1) is 60.1. The van der Waals surface area contributed by atoms with Crippen molar-refractivity contribution < 1.29 is 81.9 Å². The Morgan fingerprint density at radius 1 is 0.500 bits per heavy atom. The van der Waals surface area contributed by atoms with E-state index in [4.69, 9.17) is 72.5 Å². The van der Waals surface area contributed by atoms with Crippen molar-refractivity contribution in [3.8, 4) is 5.75 Å². The van der Waals surface area contributed by atoms with Crippen LogP contribution in [0.3, 0.4) is 0 Å². The topological polar surface area (TPSA) is 552 Å². The monoisotopic (exact) mass is 1210 g/mol. The van der Waals surface area contributed by atoms with Gasteiger partial charge in [-0.25, -0.2) is 0 Å². The summed E-state index contributed by atoms with van der Waals surface area (Å²) in [7, 11) is -23.8. The molecule has 0 radical (unpaired) electrons. The molecule has 42 heteroatoms. The first-order valence-electron chi connectivity index (χ1n) is 18.7. The van der Waals surface area contributed by atoms with Gasteiger partial charge in [0.1, 0.15) is 31.7 Å². The molecule has 0 unspecified atom stereocenters. The van der Waals surface area contributed by atoms with Gasteiger partial charge in [0, 0.05) is 11.4 Å². The van der Waals surface area contributed by atoms with Gasteiger partial charge in [0.25, 0.3) is 30.4 Å². The Bertz CT molecular complexity index is 4090. The summed E-state index contributed by atoms with van der Waals surface area (Å²) in [4.78, 5) is 21.7. The van der Waals surface area contributed by atoms with Crippen molar-refractivity contribution >= 4 is 165 Å². The number of aromatic nitrogens is 6. The molecule has 400 valence electrons. The molecule has 0 aliphatic heterocycles. The van der Waals surface area contributed by atoms with Gasteiger partial charge in [-0.15, -0.1) is 53.2 Å². The van der Waals surface area contributed by atoms with Crippen molar-refractivity contribution in [2.24, 2.45) is 20.5 Å². The minimum Gasteiger partial charge on any atom is -0.505 e. The first-order chi connectivity index (χ1) is 35.3. The van der Waals surface area contributed by atoms with Crippen molar-refractivity contribution in [1.82, 2.24) is 29.9 Å². The molecule has 5 aromatic carbocycles. The minimum absolute atomic E-state index is 0.0256. The van der Waals surface area contributed by atoms with E-state index in [9.17, 15) is 44.0 Å². The third-order valence-corrected chi connectivity index (χ3v) is 11.3. The Balaban J connectivity index is 0.000000941. The van der Waals surface area contributed by atoms with E-state index in [1.165, 1.54) is 60.7 Å². The van der Waals surface area contributed by atoms with Gasteiger partial charge in [-0.2, -0.15) is 60.3 Å². The van der Waals surface area contributed by atoms with Gasteiger partial charge in [0.15, 0.2) is 5.75 Å². The highest BCUT2D eigenvalue weighted by Gasteiger charge is 2.25. The number of phenolic OH excluding ortho intramolecular Hbond substituents is 1. The Morgan fingerprint density at radius 2 is 1.01 bits per heavy atom. The summed E-state index contributed by atoms with van der Waals surface area (Å²) in [6, 6.07) is 18.2. The van der Waals surface area contributed by atoms with E-state index in [1.54, 1.807) is 6.07 Å². The second kappa shape index (κ2) is 25.7. The van der Waals surface area contributed by atoms with Crippen LogP contribution in [0.4, 0.5) is 69.3 Å². The molecule has 0 bridgehead atoms. The molecule has 0 amide bonds. The lowest BCUT2D eigenvalue weighted by molar-refractivity contribution is 0.472. The molecule has 11 N–H and O–H groups in total. The lowest BCUT2D eigenvalue weighted by atomic mass is 10.1. The number of nitrogens with two attached hydrogens (primary N) is 2. The van der Waals surface area contributed by atoms with Gasteiger partial charge >= 0.3 is 31.8 Å². The predicted molar refractivity (Wildman–Crippen MR) is 260 cm³/mol. The highest BCUT2D eigenvalue weighted by molar-refractivity contribution is 7.86. The number of nitrogens with one attached hydrogen (secondary N) is 3. The zero-order valence-electron chi connectivity index (χ0n) is 36.3. The maximum absolute atomic E-state index is 12.5. The molecule has 0 saturated heterocycles. The maximum Gasteiger partial charge on any atom is 0.425 e. The quantitative estimate of drug-likeness (QED) is 0.0444. The normalized spacial score (nSPS) is 11.3. The highest BCUT2D eigenvalue weighted by Crippen LogP contribution is 2.46. The summed E-state index contributed by atoms with van der Waals surface area (Å²) in [5, 5.41) is 34.7. The number of hydrogen-bond donors (Lipinski definition) is 9. The van der Waals surface area contributed by atoms with Crippen LogP contribution in [-0.2, 0) is 62.2 Å². The van der Waals surface area contributed by atoms with Crippen LogP contribution in [0.25, 0.3) is 10.8 Å². The number of aromatic hydroxyl groups is 1. The zero-order chi connectivity index (χ0) is 56.9. The van der Waals surface area contributed by atoms with E-state index in [2.05, 4.69) is 66.3 Å². The van der Waals surface area contributed by atoms with Gasteiger partial charge in [-0.1, -0.05) is 24.3 Å². The Labute approximate surface area is 438 Å². The van der Waals surface area contributed by atoms with Crippen LogP contribution >= 0.6 is 23.2 Å². The number of anilines is 8. The number of hydrogen-bond acceptors (Lipinski definition) is 31. The van der Waals surface area contributed by atoms with E-state index in [0.717, 1.165) is 18.2 Å².